The summed E-state index contributed by atoms with van der Waals surface area (Å²) in [6.07, 6.45) is 7.19. The van der Waals surface area contributed by atoms with E-state index in [0.717, 1.165) is 36.1 Å². The second-order valence-electron chi connectivity index (χ2n) is 8.72. The number of aliphatic hydroxyl groups excluding tert-OH is 1. The molecule has 2 aromatic carbocycles. The molecule has 1 aliphatic carbocycles. The van der Waals surface area contributed by atoms with Crippen LogP contribution in [0.15, 0.2) is 48.6 Å². The maximum absolute atomic E-state index is 13.7. The van der Waals surface area contributed by atoms with Gasteiger partial charge in [-0.1, -0.05) is 30.4 Å². The first-order valence-electron chi connectivity index (χ1n) is 11.2. The van der Waals surface area contributed by atoms with E-state index in [9.17, 15) is 9.90 Å². The Hall–Kier alpha value is -2.99. The van der Waals surface area contributed by atoms with Gasteiger partial charge in [-0.15, -0.1) is 0 Å². The number of anilines is 1. The first kappa shape index (κ1) is 22.2. The normalized spacial score (nSPS) is 22.6. The quantitative estimate of drug-likeness (QED) is 0.573. The van der Waals surface area contributed by atoms with Crippen molar-refractivity contribution in [3.63, 3.8) is 0 Å². The van der Waals surface area contributed by atoms with E-state index < -0.39 is 11.6 Å². The predicted octanol–water partition coefficient (Wildman–Crippen LogP) is 3.93. The van der Waals surface area contributed by atoms with Crippen LogP contribution < -0.4 is 20.1 Å². The van der Waals surface area contributed by atoms with Gasteiger partial charge >= 0.3 is 0 Å². The number of carbonyl (C=O) groups is 1. The molecule has 170 valence electrons. The standard InChI is InChI=1S/C26H32N2O4/c1-17-8-7-9-18-15-26(28-24(17)18,20-10-5-4-6-11-20)25(30)27-16-23(29)19-12-21(31-2)14-22(13-19)32-3/h5,7-10,12-14,20,23,28-29H,4,6,11,15-16H2,1-3H3,(H,27,30)/t20-,23?,26?/m0/s1. The van der Waals surface area contributed by atoms with Crippen LogP contribution in [0.4, 0.5) is 5.69 Å². The molecule has 0 saturated carbocycles. The fourth-order valence-corrected chi connectivity index (χ4v) is 4.86. The highest BCUT2D eigenvalue weighted by molar-refractivity contribution is 5.93. The van der Waals surface area contributed by atoms with Crippen molar-refractivity contribution in [1.82, 2.24) is 5.32 Å². The lowest BCUT2D eigenvalue weighted by atomic mass is 9.75. The van der Waals surface area contributed by atoms with Crippen LogP contribution in [0, 0.1) is 12.8 Å². The molecule has 32 heavy (non-hydrogen) atoms. The largest absolute Gasteiger partial charge is 0.497 e. The molecule has 6 nitrogen and oxygen atoms in total. The topological polar surface area (TPSA) is 79.8 Å². The Kier molecular flexibility index (Phi) is 6.42. The van der Waals surface area contributed by atoms with E-state index in [0.29, 0.717) is 23.5 Å². The molecular weight excluding hydrogens is 404 g/mol. The zero-order chi connectivity index (χ0) is 22.7. The van der Waals surface area contributed by atoms with Crippen LogP contribution in [0.25, 0.3) is 0 Å². The zero-order valence-corrected chi connectivity index (χ0v) is 19.0. The highest BCUT2D eigenvalue weighted by Crippen LogP contribution is 2.42. The van der Waals surface area contributed by atoms with Crippen LogP contribution in [-0.4, -0.2) is 37.3 Å². The third kappa shape index (κ3) is 4.19. The van der Waals surface area contributed by atoms with Crippen molar-refractivity contribution >= 4 is 11.6 Å². The molecule has 0 spiro atoms. The average Bonchev–Trinajstić information content (AvgIpc) is 3.25. The molecule has 3 N–H and O–H groups in total. The molecule has 2 aromatic rings. The maximum Gasteiger partial charge on any atom is 0.246 e. The Morgan fingerprint density at radius 1 is 1.25 bits per heavy atom. The third-order valence-corrected chi connectivity index (χ3v) is 6.68. The monoisotopic (exact) mass is 436 g/mol. The third-order valence-electron chi connectivity index (χ3n) is 6.68. The summed E-state index contributed by atoms with van der Waals surface area (Å²) in [6, 6.07) is 11.5. The van der Waals surface area contributed by atoms with Gasteiger partial charge in [0.15, 0.2) is 0 Å². The molecule has 2 unspecified atom stereocenters. The van der Waals surface area contributed by atoms with Gasteiger partial charge in [0.05, 0.1) is 20.3 Å². The van der Waals surface area contributed by atoms with Crippen molar-refractivity contribution in [2.45, 2.75) is 44.2 Å². The molecule has 1 aliphatic heterocycles. The summed E-state index contributed by atoms with van der Waals surface area (Å²) >= 11 is 0. The van der Waals surface area contributed by atoms with Gasteiger partial charge in [-0.3, -0.25) is 4.79 Å². The lowest BCUT2D eigenvalue weighted by molar-refractivity contribution is -0.127. The van der Waals surface area contributed by atoms with Gasteiger partial charge in [0.25, 0.3) is 0 Å². The summed E-state index contributed by atoms with van der Waals surface area (Å²) in [5.41, 5.74) is 3.24. The number of hydrogen-bond donors (Lipinski definition) is 3. The smallest absolute Gasteiger partial charge is 0.246 e. The number of ether oxygens (including phenoxy) is 2. The number of benzene rings is 2. The Morgan fingerprint density at radius 3 is 2.62 bits per heavy atom. The SMILES string of the molecule is COc1cc(OC)cc(C(O)CNC(=O)C2([C@H]3C=CCCC3)Cc3cccc(C)c3N2)c1. The van der Waals surface area contributed by atoms with Gasteiger partial charge in [-0.25, -0.2) is 0 Å². The number of hydrogen-bond acceptors (Lipinski definition) is 5. The molecule has 0 saturated heterocycles. The number of carbonyl (C=O) groups excluding carboxylic acids is 1. The van der Waals surface area contributed by atoms with Gasteiger partial charge in [0, 0.05) is 30.6 Å². The van der Waals surface area contributed by atoms with E-state index in [2.05, 4.69) is 41.8 Å². The number of amides is 1. The van der Waals surface area contributed by atoms with Crippen molar-refractivity contribution in [2.75, 3.05) is 26.1 Å². The average molecular weight is 437 g/mol. The van der Waals surface area contributed by atoms with Gasteiger partial charge in [-0.2, -0.15) is 0 Å². The van der Waals surface area contributed by atoms with Crippen LogP contribution >= 0.6 is 0 Å². The van der Waals surface area contributed by atoms with E-state index in [1.807, 2.05) is 6.07 Å². The summed E-state index contributed by atoms with van der Waals surface area (Å²) in [6.45, 7) is 2.17. The highest BCUT2D eigenvalue weighted by Gasteiger charge is 2.49. The lowest BCUT2D eigenvalue weighted by Gasteiger charge is -2.37. The van der Waals surface area contributed by atoms with Crippen LogP contribution in [0.2, 0.25) is 0 Å². The predicted molar refractivity (Wildman–Crippen MR) is 125 cm³/mol. The molecule has 6 heteroatoms. The zero-order valence-electron chi connectivity index (χ0n) is 19.0. The molecule has 3 atom stereocenters. The van der Waals surface area contributed by atoms with Crippen molar-refractivity contribution in [2.24, 2.45) is 5.92 Å². The number of rotatable bonds is 7. The molecule has 0 fully saturated rings. The molecular formula is C26H32N2O4. The summed E-state index contributed by atoms with van der Waals surface area (Å²) in [7, 11) is 3.14. The summed E-state index contributed by atoms with van der Waals surface area (Å²) < 4.78 is 10.6. The van der Waals surface area contributed by atoms with Gasteiger partial charge in [-0.05, 0) is 55.0 Å². The summed E-state index contributed by atoms with van der Waals surface area (Å²) in [5.74, 6) is 1.20. The fourth-order valence-electron chi connectivity index (χ4n) is 4.86. The number of fused-ring (bicyclic) bond motifs is 1. The molecule has 2 aliphatic rings. The highest BCUT2D eigenvalue weighted by atomic mass is 16.5. The number of aryl methyl sites for hydroxylation is 1. The van der Waals surface area contributed by atoms with Crippen molar-refractivity contribution in [3.05, 3.63) is 65.2 Å². The van der Waals surface area contributed by atoms with Crippen molar-refractivity contribution < 1.29 is 19.4 Å². The maximum atomic E-state index is 13.7. The molecule has 0 bridgehead atoms. The minimum Gasteiger partial charge on any atom is -0.497 e. The van der Waals surface area contributed by atoms with Gasteiger partial charge < -0.3 is 25.2 Å². The number of methoxy groups -OCH3 is 2. The Morgan fingerprint density at radius 2 is 2.00 bits per heavy atom. The van der Waals surface area contributed by atoms with Crippen LogP contribution in [0.5, 0.6) is 11.5 Å². The van der Waals surface area contributed by atoms with E-state index in [1.165, 1.54) is 0 Å². The van der Waals surface area contributed by atoms with E-state index in [1.54, 1.807) is 32.4 Å². The van der Waals surface area contributed by atoms with Crippen molar-refractivity contribution in [1.29, 1.82) is 0 Å². The van der Waals surface area contributed by atoms with Crippen LogP contribution in [0.1, 0.15) is 42.1 Å². The summed E-state index contributed by atoms with van der Waals surface area (Å²) in [5, 5.41) is 17.4. The number of aliphatic hydroxyl groups is 1. The Bertz CT molecular complexity index is 997. The Balaban J connectivity index is 1.55. The Labute approximate surface area is 189 Å². The number of nitrogens with one attached hydrogen (secondary N) is 2. The molecule has 0 aromatic heterocycles. The molecule has 4 rings (SSSR count). The van der Waals surface area contributed by atoms with Gasteiger partial charge in [0.1, 0.15) is 17.0 Å². The van der Waals surface area contributed by atoms with Crippen LogP contribution in [0.3, 0.4) is 0 Å². The lowest BCUT2D eigenvalue weighted by Crippen LogP contribution is -2.57. The van der Waals surface area contributed by atoms with E-state index >= 15 is 0 Å². The second kappa shape index (κ2) is 9.25. The molecule has 1 heterocycles. The van der Waals surface area contributed by atoms with Gasteiger partial charge in [0.2, 0.25) is 5.91 Å². The molecule has 0 radical (unpaired) electrons. The second-order valence-corrected chi connectivity index (χ2v) is 8.72. The number of allylic oxidation sites excluding steroid dienone is 1. The first-order valence-corrected chi connectivity index (χ1v) is 11.2. The van der Waals surface area contributed by atoms with E-state index in [4.69, 9.17) is 9.47 Å². The minimum atomic E-state index is -0.882. The molecule has 1 amide bonds. The van der Waals surface area contributed by atoms with Crippen molar-refractivity contribution in [3.8, 4) is 11.5 Å². The minimum absolute atomic E-state index is 0.0847. The number of para-hydroxylation sites is 1. The first-order chi connectivity index (χ1) is 15.5. The summed E-state index contributed by atoms with van der Waals surface area (Å²) in [4.78, 5) is 13.7. The van der Waals surface area contributed by atoms with E-state index in [-0.39, 0.29) is 18.4 Å². The van der Waals surface area contributed by atoms with Crippen LogP contribution in [-0.2, 0) is 11.2 Å². The fraction of sp³-hybridized carbons (Fsp3) is 0.423.